The number of aryl methyl sites for hydroxylation is 2. The molecule has 1 fully saturated rings. The van der Waals surface area contributed by atoms with Crippen LogP contribution in [0.15, 0.2) is 34.2 Å². The maximum absolute atomic E-state index is 13.9. The maximum Gasteiger partial charge on any atom is 0.267 e. The largest absolute Gasteiger partial charge is 0.494 e. The SMILES string of the molecule is CCOc1ccc(-n2c(SC(C)C(=O)N3CCOCC3)nc3sc4c(c3c2=O)CCCC4)cc1. The first kappa shape index (κ1) is 23.4. The van der Waals surface area contributed by atoms with Crippen molar-refractivity contribution in [2.45, 2.75) is 49.9 Å². The third-order valence-corrected chi connectivity index (χ3v) is 8.54. The standard InChI is InChI=1S/C25H29N3O4S2/c1-3-32-18-10-8-17(9-11-18)28-24(30)21-19-6-4-5-7-20(19)34-22(21)26-25(28)33-16(2)23(29)27-12-14-31-15-13-27/h8-11,16H,3-7,12-15H2,1-2H3. The molecule has 1 aliphatic heterocycles. The molecular formula is C25H29N3O4S2. The van der Waals surface area contributed by atoms with Crippen molar-refractivity contribution >= 4 is 39.2 Å². The van der Waals surface area contributed by atoms with Crippen molar-refractivity contribution in [2.24, 2.45) is 0 Å². The summed E-state index contributed by atoms with van der Waals surface area (Å²) in [5.74, 6) is 0.803. The third kappa shape index (κ3) is 4.48. The van der Waals surface area contributed by atoms with Crippen LogP contribution < -0.4 is 10.3 Å². The summed E-state index contributed by atoms with van der Waals surface area (Å²) in [4.78, 5) is 35.9. The highest BCUT2D eigenvalue weighted by atomic mass is 32.2. The van der Waals surface area contributed by atoms with E-state index in [0.717, 1.165) is 52.9 Å². The number of nitrogens with zero attached hydrogens (tertiary/aromatic N) is 3. The van der Waals surface area contributed by atoms with Gasteiger partial charge in [-0.3, -0.25) is 14.2 Å². The van der Waals surface area contributed by atoms with Gasteiger partial charge in [0.05, 0.1) is 36.1 Å². The second-order valence-corrected chi connectivity index (χ2v) is 10.9. The molecule has 1 unspecified atom stereocenters. The molecule has 1 aliphatic carbocycles. The minimum Gasteiger partial charge on any atom is -0.494 e. The average molecular weight is 500 g/mol. The van der Waals surface area contributed by atoms with Crippen LogP contribution in [0.1, 0.15) is 37.1 Å². The molecule has 1 aromatic carbocycles. The number of morpholine rings is 1. The van der Waals surface area contributed by atoms with E-state index in [1.807, 2.05) is 43.0 Å². The zero-order valence-electron chi connectivity index (χ0n) is 19.5. The lowest BCUT2D eigenvalue weighted by Crippen LogP contribution is -2.44. The van der Waals surface area contributed by atoms with Gasteiger partial charge in [-0.1, -0.05) is 11.8 Å². The Morgan fingerprint density at radius 1 is 1.21 bits per heavy atom. The summed E-state index contributed by atoms with van der Waals surface area (Å²) in [7, 11) is 0. The van der Waals surface area contributed by atoms with E-state index in [9.17, 15) is 9.59 Å². The maximum atomic E-state index is 13.9. The molecule has 0 radical (unpaired) electrons. The molecule has 34 heavy (non-hydrogen) atoms. The summed E-state index contributed by atoms with van der Waals surface area (Å²) < 4.78 is 12.6. The number of aromatic nitrogens is 2. The van der Waals surface area contributed by atoms with Gasteiger partial charge in [0.15, 0.2) is 5.16 Å². The number of hydrogen-bond acceptors (Lipinski definition) is 7. The molecule has 0 bridgehead atoms. The predicted molar refractivity (Wildman–Crippen MR) is 136 cm³/mol. The van der Waals surface area contributed by atoms with E-state index in [1.54, 1.807) is 15.9 Å². The molecule has 1 atom stereocenters. The average Bonchev–Trinajstić information content (AvgIpc) is 3.24. The van der Waals surface area contributed by atoms with E-state index in [1.165, 1.54) is 16.6 Å². The first-order valence-electron chi connectivity index (χ1n) is 11.9. The summed E-state index contributed by atoms with van der Waals surface area (Å²) in [5.41, 5.74) is 1.84. The van der Waals surface area contributed by atoms with Crippen LogP contribution in [0.5, 0.6) is 5.75 Å². The van der Waals surface area contributed by atoms with Gasteiger partial charge < -0.3 is 14.4 Å². The van der Waals surface area contributed by atoms with E-state index in [-0.39, 0.29) is 16.7 Å². The fourth-order valence-electron chi connectivity index (χ4n) is 4.60. The summed E-state index contributed by atoms with van der Waals surface area (Å²) in [6.07, 6.45) is 4.18. The van der Waals surface area contributed by atoms with Gasteiger partial charge in [0, 0.05) is 18.0 Å². The van der Waals surface area contributed by atoms with Gasteiger partial charge in [-0.2, -0.15) is 0 Å². The molecule has 2 aromatic heterocycles. The highest BCUT2D eigenvalue weighted by Gasteiger charge is 2.27. The normalized spacial score (nSPS) is 16.9. The zero-order chi connectivity index (χ0) is 23.7. The Labute approximate surface area is 207 Å². The number of rotatable bonds is 6. The molecule has 5 rings (SSSR count). The minimum absolute atomic E-state index is 0.0476. The van der Waals surface area contributed by atoms with Crippen molar-refractivity contribution in [3.63, 3.8) is 0 Å². The van der Waals surface area contributed by atoms with Crippen LogP contribution in [0.25, 0.3) is 15.9 Å². The van der Waals surface area contributed by atoms with Crippen molar-refractivity contribution in [3.8, 4) is 11.4 Å². The quantitative estimate of drug-likeness (QED) is 0.376. The molecule has 9 heteroatoms. The Kier molecular flexibility index (Phi) is 6.94. The first-order valence-corrected chi connectivity index (χ1v) is 13.6. The van der Waals surface area contributed by atoms with Crippen LogP contribution in [0.4, 0.5) is 0 Å². The molecule has 3 heterocycles. The molecule has 3 aromatic rings. The van der Waals surface area contributed by atoms with Gasteiger partial charge in [0.25, 0.3) is 5.56 Å². The molecule has 1 amide bonds. The first-order chi connectivity index (χ1) is 16.6. The lowest BCUT2D eigenvalue weighted by Gasteiger charge is -2.29. The van der Waals surface area contributed by atoms with Gasteiger partial charge in [-0.15, -0.1) is 11.3 Å². The molecular weight excluding hydrogens is 470 g/mol. The van der Waals surface area contributed by atoms with Crippen molar-refractivity contribution in [1.29, 1.82) is 0 Å². The number of carbonyl (C=O) groups excluding carboxylic acids is 1. The topological polar surface area (TPSA) is 73.7 Å². The fraction of sp³-hybridized carbons (Fsp3) is 0.480. The second kappa shape index (κ2) is 10.1. The van der Waals surface area contributed by atoms with Gasteiger partial charge >= 0.3 is 0 Å². The number of hydrogen-bond donors (Lipinski definition) is 0. The van der Waals surface area contributed by atoms with E-state index in [4.69, 9.17) is 14.5 Å². The van der Waals surface area contributed by atoms with Gasteiger partial charge in [-0.25, -0.2) is 4.98 Å². The van der Waals surface area contributed by atoms with Crippen LogP contribution in [-0.2, 0) is 22.4 Å². The van der Waals surface area contributed by atoms with Crippen molar-refractivity contribution in [3.05, 3.63) is 45.1 Å². The Morgan fingerprint density at radius 2 is 1.94 bits per heavy atom. The highest BCUT2D eigenvalue weighted by Crippen LogP contribution is 2.36. The van der Waals surface area contributed by atoms with E-state index < -0.39 is 0 Å². The minimum atomic E-state index is -0.369. The Morgan fingerprint density at radius 3 is 2.68 bits per heavy atom. The monoisotopic (exact) mass is 499 g/mol. The van der Waals surface area contributed by atoms with Gasteiger partial charge in [-0.05, 0) is 69.4 Å². The van der Waals surface area contributed by atoms with E-state index in [2.05, 4.69) is 0 Å². The molecule has 0 spiro atoms. The number of amides is 1. The van der Waals surface area contributed by atoms with Gasteiger partial charge in [0.1, 0.15) is 10.6 Å². The second-order valence-electron chi connectivity index (χ2n) is 8.55. The number of benzene rings is 1. The molecule has 2 aliphatic rings. The van der Waals surface area contributed by atoms with Crippen molar-refractivity contribution in [1.82, 2.24) is 14.5 Å². The van der Waals surface area contributed by atoms with Crippen LogP contribution in [-0.4, -0.2) is 58.5 Å². The third-order valence-electron chi connectivity index (χ3n) is 6.32. The van der Waals surface area contributed by atoms with Crippen LogP contribution in [0.3, 0.4) is 0 Å². The smallest absolute Gasteiger partial charge is 0.267 e. The summed E-state index contributed by atoms with van der Waals surface area (Å²) in [5, 5.41) is 0.922. The Hall–Kier alpha value is -2.36. The van der Waals surface area contributed by atoms with Crippen LogP contribution in [0.2, 0.25) is 0 Å². The van der Waals surface area contributed by atoms with E-state index in [0.29, 0.717) is 38.1 Å². The van der Waals surface area contributed by atoms with Gasteiger partial charge in [0.2, 0.25) is 5.91 Å². The Bertz CT molecular complexity index is 1250. The van der Waals surface area contributed by atoms with Crippen molar-refractivity contribution in [2.75, 3.05) is 32.9 Å². The summed E-state index contributed by atoms with van der Waals surface area (Å²) in [6.45, 7) is 6.73. The zero-order valence-corrected chi connectivity index (χ0v) is 21.2. The molecule has 7 nitrogen and oxygen atoms in total. The lowest BCUT2D eigenvalue weighted by atomic mass is 9.97. The molecule has 0 N–H and O–H groups in total. The summed E-state index contributed by atoms with van der Waals surface area (Å²) >= 11 is 2.99. The molecule has 180 valence electrons. The molecule has 1 saturated heterocycles. The Balaban J connectivity index is 1.58. The predicted octanol–water partition coefficient (Wildman–Crippen LogP) is 4.06. The summed E-state index contributed by atoms with van der Waals surface area (Å²) in [6, 6.07) is 7.51. The fourth-order valence-corrected chi connectivity index (χ4v) is 6.91. The number of thioether (sulfide) groups is 1. The number of carbonyl (C=O) groups is 1. The number of ether oxygens (including phenoxy) is 2. The highest BCUT2D eigenvalue weighted by molar-refractivity contribution is 8.00. The molecule has 0 saturated carbocycles. The van der Waals surface area contributed by atoms with Crippen LogP contribution in [0, 0.1) is 0 Å². The van der Waals surface area contributed by atoms with Crippen LogP contribution >= 0.6 is 23.1 Å². The number of thiophene rings is 1. The van der Waals surface area contributed by atoms with Crippen molar-refractivity contribution < 1.29 is 14.3 Å². The number of fused-ring (bicyclic) bond motifs is 3. The lowest BCUT2D eigenvalue weighted by molar-refractivity contribution is -0.134. The van der Waals surface area contributed by atoms with E-state index >= 15 is 0 Å².